The fourth-order valence-electron chi connectivity index (χ4n) is 0. The van der Waals surface area contributed by atoms with Crippen LogP contribution in [0.4, 0.5) is 19.2 Å². The van der Waals surface area contributed by atoms with E-state index in [4.69, 9.17) is 19.2 Å². The number of rotatable bonds is 0. The Kier molecular flexibility index (Phi) is 91.5. The molecule has 0 rings (SSSR count). The Balaban J connectivity index is -0.0000000209. The average molecular weight is 442 g/mol. The summed E-state index contributed by atoms with van der Waals surface area (Å²) in [4.78, 5) is 36.1. The molecule has 0 spiro atoms. The van der Waals surface area contributed by atoms with Gasteiger partial charge >= 0.3 is 34.1 Å². The molecule has 2 radical (unpaired) electrons. The Morgan fingerprint density at radius 3 is 0.550 bits per heavy atom. The zero-order chi connectivity index (χ0) is 16.3. The second-order valence-electron chi connectivity index (χ2n) is 1.28. The Hall–Kier alpha value is -0.461. The summed E-state index contributed by atoms with van der Waals surface area (Å²) in [7, 11) is 0. The van der Waals surface area contributed by atoms with Crippen molar-refractivity contribution in [3.05, 3.63) is 13.2 Å². The van der Waals surface area contributed by atoms with E-state index in [1.165, 1.54) is 0 Å². The standard InChI is InChI=1S/C2H4.4CH3NOS.2Mn/c1-2;4*2-1(3)4;;/h1-2H2;4*(H3,2,3,4);;/q;;;;;2*+2/p-4. The van der Waals surface area contributed by atoms with Crippen molar-refractivity contribution in [2.24, 2.45) is 22.9 Å². The smallest absolute Gasteiger partial charge is 0.719 e. The zero-order valence-electron chi connectivity index (χ0n) is 9.75. The van der Waals surface area contributed by atoms with Gasteiger partial charge in [0.1, 0.15) is 0 Å². The summed E-state index contributed by atoms with van der Waals surface area (Å²) < 4.78 is 0. The van der Waals surface area contributed by atoms with Gasteiger partial charge in [0.25, 0.3) is 0 Å². The van der Waals surface area contributed by atoms with Gasteiger partial charge in [-0.15, -0.1) is 13.2 Å². The van der Waals surface area contributed by atoms with Gasteiger partial charge in [0.2, 0.25) is 0 Å². The molecule has 0 aromatic heterocycles. The molecule has 8 nitrogen and oxygen atoms in total. The number of hydrogen-bond donors (Lipinski definition) is 4. The number of nitrogens with two attached hydrogens (primary N) is 4. The van der Waals surface area contributed by atoms with Crippen molar-refractivity contribution in [3.63, 3.8) is 0 Å². The molecular weight excluding hydrogens is 430 g/mol. The van der Waals surface area contributed by atoms with Crippen LogP contribution in [0.2, 0.25) is 0 Å². The minimum atomic E-state index is -0.750. The first-order valence-electron chi connectivity index (χ1n) is 3.29. The summed E-state index contributed by atoms with van der Waals surface area (Å²) in [5.41, 5.74) is 17.1. The largest absolute Gasteiger partial charge is 2.00 e. The maximum absolute atomic E-state index is 9.04. The van der Waals surface area contributed by atoms with Crippen LogP contribution < -0.4 is 22.9 Å². The van der Waals surface area contributed by atoms with Crippen LogP contribution in [-0.2, 0) is 84.7 Å². The van der Waals surface area contributed by atoms with Crippen LogP contribution in [0.15, 0.2) is 13.2 Å². The molecule has 4 amide bonds. The number of amides is 4. The van der Waals surface area contributed by atoms with Crippen LogP contribution in [0.25, 0.3) is 0 Å². The van der Waals surface area contributed by atoms with Gasteiger partial charge in [0, 0.05) is 0 Å². The molecule has 0 unspecified atom stereocenters. The first-order valence-corrected chi connectivity index (χ1v) is 4.92. The summed E-state index contributed by atoms with van der Waals surface area (Å²) in [6.07, 6.45) is 0. The Bertz CT molecular complexity index is 197. The topological polar surface area (TPSA) is 172 Å². The second kappa shape index (κ2) is 42.8. The number of primary amides is 4. The van der Waals surface area contributed by atoms with Crippen LogP contribution in [0.5, 0.6) is 0 Å². The van der Waals surface area contributed by atoms with Crippen molar-refractivity contribution < 1.29 is 53.3 Å². The molecule has 14 heteroatoms. The van der Waals surface area contributed by atoms with Gasteiger partial charge in [0.15, 0.2) is 0 Å². The third kappa shape index (κ3) is 22600. The van der Waals surface area contributed by atoms with E-state index in [0.717, 1.165) is 0 Å². The SMILES string of the molecule is C=C.NC(=O)[S-].NC(=O)[S-].NC(=O)[S-].NC(=O)[S-].[Mn+2].[Mn+2]. The van der Waals surface area contributed by atoms with E-state index in [0.29, 0.717) is 0 Å². The number of hydrogen-bond acceptors (Lipinski definition) is 8. The molecule has 0 aliphatic carbocycles. The fraction of sp³-hybridized carbons (Fsp3) is 0. The molecule has 20 heavy (non-hydrogen) atoms. The Morgan fingerprint density at radius 1 is 0.550 bits per heavy atom. The van der Waals surface area contributed by atoms with Gasteiger partial charge in [0.05, 0.1) is 21.0 Å². The molecule has 0 fully saturated rings. The average Bonchev–Trinajstić information content (AvgIpc) is 2.01. The molecule has 0 heterocycles. The van der Waals surface area contributed by atoms with E-state index in [2.05, 4.69) is 86.6 Å². The summed E-state index contributed by atoms with van der Waals surface area (Å²) >= 11 is 15.0. The van der Waals surface area contributed by atoms with Gasteiger partial charge in [-0.2, -0.15) is 0 Å². The second-order valence-corrected chi connectivity index (χ2v) is 2.89. The molecule has 0 saturated heterocycles. The first-order chi connectivity index (χ1) is 7.93. The summed E-state index contributed by atoms with van der Waals surface area (Å²) in [5.74, 6) is 0. The van der Waals surface area contributed by atoms with Gasteiger partial charge in [-0.05, 0) is 0 Å². The van der Waals surface area contributed by atoms with Crippen molar-refractivity contribution in [2.75, 3.05) is 0 Å². The molecule has 0 aliphatic heterocycles. The van der Waals surface area contributed by atoms with Crippen LogP contribution in [0.3, 0.4) is 0 Å². The fourth-order valence-corrected chi connectivity index (χ4v) is 0. The molecule has 118 valence electrons. The zero-order valence-corrected chi connectivity index (χ0v) is 15.4. The third-order valence-electron chi connectivity index (χ3n) is 0. The monoisotopic (exact) mass is 442 g/mol. The van der Waals surface area contributed by atoms with Gasteiger partial charge < -0.3 is 92.6 Å². The van der Waals surface area contributed by atoms with Crippen LogP contribution >= 0.6 is 0 Å². The molecule has 0 aromatic carbocycles. The van der Waals surface area contributed by atoms with Crippen LogP contribution in [-0.4, -0.2) is 21.0 Å². The van der Waals surface area contributed by atoms with Crippen molar-refractivity contribution in [1.82, 2.24) is 0 Å². The van der Waals surface area contributed by atoms with Crippen LogP contribution in [0.1, 0.15) is 0 Å². The van der Waals surface area contributed by atoms with E-state index in [1.807, 2.05) is 0 Å². The summed E-state index contributed by atoms with van der Waals surface area (Å²) in [5, 5.41) is -3.00. The minimum absolute atomic E-state index is 0. The Morgan fingerprint density at radius 2 is 0.550 bits per heavy atom. The third-order valence-corrected chi connectivity index (χ3v) is 0. The Labute approximate surface area is 160 Å². The summed E-state index contributed by atoms with van der Waals surface area (Å²) in [6.45, 7) is 6.00. The molecule has 0 aliphatic rings. The van der Waals surface area contributed by atoms with Crippen molar-refractivity contribution >= 4 is 71.5 Å². The van der Waals surface area contributed by atoms with E-state index in [-0.39, 0.29) is 34.1 Å². The van der Waals surface area contributed by atoms with Crippen molar-refractivity contribution in [1.29, 1.82) is 0 Å². The maximum Gasteiger partial charge on any atom is 2.00 e. The van der Waals surface area contributed by atoms with Gasteiger partial charge in [-0.25, -0.2) is 0 Å². The van der Waals surface area contributed by atoms with E-state index in [9.17, 15) is 0 Å². The predicted molar refractivity (Wildman–Crippen MR) is 79.0 cm³/mol. The van der Waals surface area contributed by atoms with Gasteiger partial charge in [-0.3, -0.25) is 0 Å². The van der Waals surface area contributed by atoms with Crippen molar-refractivity contribution in [3.8, 4) is 0 Å². The quantitative estimate of drug-likeness (QED) is 0.215. The van der Waals surface area contributed by atoms with Gasteiger partial charge in [-0.1, -0.05) is 0 Å². The molecule has 0 aromatic rings. The minimum Gasteiger partial charge on any atom is -0.719 e. The normalized spacial score (nSPS) is 5.00. The van der Waals surface area contributed by atoms with Crippen LogP contribution in [0, 0.1) is 0 Å². The molecule has 0 bridgehead atoms. The first kappa shape index (κ1) is 42.7. The molecule has 0 atom stereocenters. The van der Waals surface area contributed by atoms with E-state index >= 15 is 0 Å². The summed E-state index contributed by atoms with van der Waals surface area (Å²) in [6, 6.07) is 0. The predicted octanol–water partition coefficient (Wildman–Crippen LogP) is -0.755. The number of carbonyl (C=O) groups excluding carboxylic acids is 4. The van der Waals surface area contributed by atoms with Crippen molar-refractivity contribution in [2.45, 2.75) is 0 Å². The maximum atomic E-state index is 9.04. The molecule has 8 N–H and O–H groups in total. The van der Waals surface area contributed by atoms with E-state index < -0.39 is 21.0 Å². The van der Waals surface area contributed by atoms with E-state index in [1.54, 1.807) is 0 Å². The number of carbonyl (C=O) groups is 4. The molecular formula is C6H12Mn2N4O4S4. The molecule has 0 saturated carbocycles.